The zero-order valence-corrected chi connectivity index (χ0v) is 9.71. The normalized spacial score (nSPS) is 16.2. The summed E-state index contributed by atoms with van der Waals surface area (Å²) in [5.74, 6) is -0.460. The van der Waals surface area contributed by atoms with E-state index >= 15 is 0 Å². The number of hydrogen-bond donors (Lipinski definition) is 1. The van der Waals surface area contributed by atoms with Crippen molar-refractivity contribution >= 4 is 11.5 Å². The van der Waals surface area contributed by atoms with Crippen molar-refractivity contribution in [2.75, 3.05) is 5.73 Å². The molecular formula is C14H16FNO. The Morgan fingerprint density at radius 3 is 2.82 bits per heavy atom. The average Bonchev–Trinajstić information content (AvgIpc) is 2.56. The molecule has 0 bridgehead atoms. The summed E-state index contributed by atoms with van der Waals surface area (Å²) >= 11 is 0. The highest BCUT2D eigenvalue weighted by Gasteiger charge is 2.16. The van der Waals surface area contributed by atoms with Gasteiger partial charge in [-0.15, -0.1) is 0 Å². The molecule has 0 radical (unpaired) electrons. The Labute approximate surface area is 100 Å². The molecule has 2 rings (SSSR count). The topological polar surface area (TPSA) is 43.1 Å². The van der Waals surface area contributed by atoms with Crippen LogP contribution in [-0.4, -0.2) is 5.78 Å². The number of nitrogens with two attached hydrogens (primary N) is 1. The molecule has 1 aliphatic carbocycles. The van der Waals surface area contributed by atoms with Crippen molar-refractivity contribution in [3.05, 3.63) is 41.2 Å². The van der Waals surface area contributed by atoms with Crippen LogP contribution in [0, 0.1) is 5.82 Å². The molecule has 90 valence electrons. The maximum atomic E-state index is 12.9. The first kappa shape index (κ1) is 11.8. The fourth-order valence-electron chi connectivity index (χ4n) is 2.13. The van der Waals surface area contributed by atoms with Crippen molar-refractivity contribution < 1.29 is 9.18 Å². The number of nitrogen functional groups attached to an aromatic ring is 1. The van der Waals surface area contributed by atoms with Crippen molar-refractivity contribution in [2.24, 2.45) is 0 Å². The molecule has 0 aliphatic heterocycles. The maximum Gasteiger partial charge on any atom is 0.190 e. The van der Waals surface area contributed by atoms with Crippen molar-refractivity contribution in [1.82, 2.24) is 0 Å². The van der Waals surface area contributed by atoms with Crippen LogP contribution in [0.2, 0.25) is 0 Å². The molecule has 0 saturated heterocycles. The van der Waals surface area contributed by atoms with Gasteiger partial charge in [0.05, 0.1) is 0 Å². The summed E-state index contributed by atoms with van der Waals surface area (Å²) in [6, 6.07) is 3.95. The minimum Gasteiger partial charge on any atom is -0.398 e. The van der Waals surface area contributed by atoms with Gasteiger partial charge < -0.3 is 5.73 Å². The highest BCUT2D eigenvalue weighted by Crippen LogP contribution is 2.23. The van der Waals surface area contributed by atoms with Crippen LogP contribution < -0.4 is 5.73 Å². The molecule has 0 heterocycles. The van der Waals surface area contributed by atoms with E-state index in [0.717, 1.165) is 37.7 Å². The van der Waals surface area contributed by atoms with Gasteiger partial charge in [-0.05, 0) is 49.5 Å². The molecule has 1 aromatic rings. The molecule has 2 N–H and O–H groups in total. The third kappa shape index (κ3) is 2.73. The van der Waals surface area contributed by atoms with Gasteiger partial charge in [-0.25, -0.2) is 4.39 Å². The van der Waals surface area contributed by atoms with Crippen LogP contribution in [0.5, 0.6) is 0 Å². The number of rotatable bonds is 2. The largest absolute Gasteiger partial charge is 0.398 e. The van der Waals surface area contributed by atoms with Crippen molar-refractivity contribution in [2.45, 2.75) is 32.1 Å². The third-order valence-electron chi connectivity index (χ3n) is 3.09. The van der Waals surface area contributed by atoms with Gasteiger partial charge in [-0.2, -0.15) is 0 Å². The Morgan fingerprint density at radius 1 is 1.24 bits per heavy atom. The monoisotopic (exact) mass is 233 g/mol. The van der Waals surface area contributed by atoms with Gasteiger partial charge in [0, 0.05) is 11.3 Å². The minimum atomic E-state index is -0.408. The molecule has 0 aromatic heterocycles. The van der Waals surface area contributed by atoms with E-state index in [1.165, 1.54) is 18.2 Å². The lowest BCUT2D eigenvalue weighted by Gasteiger charge is -2.07. The van der Waals surface area contributed by atoms with Gasteiger partial charge in [0.25, 0.3) is 0 Å². The van der Waals surface area contributed by atoms with Crippen molar-refractivity contribution in [3.63, 3.8) is 0 Å². The van der Waals surface area contributed by atoms with Crippen LogP contribution in [0.4, 0.5) is 10.1 Å². The first-order chi connectivity index (χ1) is 8.18. The standard InChI is InChI=1S/C14H16FNO/c15-11-7-8-12(13(16)9-11)14(17)10-5-3-1-2-4-6-10/h5,7-9H,1-4,6,16H2. The summed E-state index contributed by atoms with van der Waals surface area (Å²) < 4.78 is 12.9. The molecule has 3 heteroatoms. The molecule has 0 amide bonds. The fraction of sp³-hybridized carbons (Fsp3) is 0.357. The summed E-state index contributed by atoms with van der Waals surface area (Å²) in [4.78, 5) is 12.2. The Kier molecular flexibility index (Phi) is 3.57. The summed E-state index contributed by atoms with van der Waals surface area (Å²) in [7, 11) is 0. The fourth-order valence-corrected chi connectivity index (χ4v) is 2.13. The smallest absolute Gasteiger partial charge is 0.190 e. The van der Waals surface area contributed by atoms with E-state index in [-0.39, 0.29) is 11.5 Å². The predicted octanol–water partition coefficient (Wildman–Crippen LogP) is 3.48. The van der Waals surface area contributed by atoms with Gasteiger partial charge in [0.15, 0.2) is 5.78 Å². The van der Waals surface area contributed by atoms with E-state index in [0.29, 0.717) is 5.56 Å². The highest BCUT2D eigenvalue weighted by molar-refractivity contribution is 6.11. The summed E-state index contributed by atoms with van der Waals surface area (Å²) in [5.41, 5.74) is 7.14. The number of anilines is 1. The second-order valence-electron chi connectivity index (χ2n) is 4.39. The van der Waals surface area contributed by atoms with E-state index < -0.39 is 5.82 Å². The minimum absolute atomic E-state index is 0.0515. The summed E-state index contributed by atoms with van der Waals surface area (Å²) in [6.45, 7) is 0. The number of hydrogen-bond acceptors (Lipinski definition) is 2. The van der Waals surface area contributed by atoms with Gasteiger partial charge >= 0.3 is 0 Å². The van der Waals surface area contributed by atoms with E-state index in [1.54, 1.807) is 0 Å². The van der Waals surface area contributed by atoms with E-state index in [1.807, 2.05) is 6.08 Å². The highest BCUT2D eigenvalue weighted by atomic mass is 19.1. The molecule has 0 unspecified atom stereocenters. The molecular weight excluding hydrogens is 217 g/mol. The number of benzene rings is 1. The Hall–Kier alpha value is -1.64. The predicted molar refractivity (Wildman–Crippen MR) is 66.3 cm³/mol. The van der Waals surface area contributed by atoms with Crippen molar-refractivity contribution in [1.29, 1.82) is 0 Å². The average molecular weight is 233 g/mol. The Morgan fingerprint density at radius 2 is 2.06 bits per heavy atom. The second kappa shape index (κ2) is 5.13. The van der Waals surface area contributed by atoms with Crippen molar-refractivity contribution in [3.8, 4) is 0 Å². The van der Waals surface area contributed by atoms with Gasteiger partial charge in [0.2, 0.25) is 0 Å². The zero-order chi connectivity index (χ0) is 12.3. The van der Waals surface area contributed by atoms with Crippen LogP contribution in [0.15, 0.2) is 29.8 Å². The first-order valence-electron chi connectivity index (χ1n) is 5.97. The van der Waals surface area contributed by atoms with E-state index in [2.05, 4.69) is 0 Å². The zero-order valence-electron chi connectivity index (χ0n) is 9.71. The second-order valence-corrected chi connectivity index (χ2v) is 4.39. The molecule has 0 saturated carbocycles. The molecule has 2 nitrogen and oxygen atoms in total. The van der Waals surface area contributed by atoms with Crippen LogP contribution in [0.3, 0.4) is 0 Å². The number of ketones is 1. The number of allylic oxidation sites excluding steroid dienone is 2. The van der Waals surface area contributed by atoms with Gasteiger partial charge in [-0.1, -0.05) is 12.5 Å². The number of Topliss-reactive ketones (excluding diaryl/α,β-unsaturated/α-hetero) is 1. The van der Waals surface area contributed by atoms with Crippen LogP contribution in [-0.2, 0) is 0 Å². The van der Waals surface area contributed by atoms with E-state index in [4.69, 9.17) is 5.73 Å². The SMILES string of the molecule is Nc1cc(F)ccc1C(=O)C1=CCCCCC1. The van der Waals surface area contributed by atoms with Crippen LogP contribution >= 0.6 is 0 Å². The lowest BCUT2D eigenvalue weighted by molar-refractivity contribution is 0.103. The summed E-state index contributed by atoms with van der Waals surface area (Å²) in [6.07, 6.45) is 7.08. The van der Waals surface area contributed by atoms with Crippen LogP contribution in [0.1, 0.15) is 42.5 Å². The number of halogens is 1. The molecule has 1 aromatic carbocycles. The number of carbonyl (C=O) groups is 1. The Balaban J connectivity index is 2.27. The lowest BCUT2D eigenvalue weighted by Crippen LogP contribution is -2.07. The van der Waals surface area contributed by atoms with Crippen LogP contribution in [0.25, 0.3) is 0 Å². The Bertz CT molecular complexity index is 465. The molecule has 0 atom stereocenters. The molecule has 0 fully saturated rings. The quantitative estimate of drug-likeness (QED) is 0.627. The first-order valence-corrected chi connectivity index (χ1v) is 5.97. The number of carbonyl (C=O) groups excluding carboxylic acids is 1. The molecule has 17 heavy (non-hydrogen) atoms. The van der Waals surface area contributed by atoms with Gasteiger partial charge in [-0.3, -0.25) is 4.79 Å². The lowest BCUT2D eigenvalue weighted by atomic mass is 9.98. The molecule has 1 aliphatic rings. The molecule has 0 spiro atoms. The third-order valence-corrected chi connectivity index (χ3v) is 3.09. The van der Waals surface area contributed by atoms with E-state index in [9.17, 15) is 9.18 Å². The maximum absolute atomic E-state index is 12.9. The van der Waals surface area contributed by atoms with Gasteiger partial charge in [0.1, 0.15) is 5.82 Å². The summed E-state index contributed by atoms with van der Waals surface area (Å²) in [5, 5.41) is 0.